The topological polar surface area (TPSA) is 162 Å². The molecule has 1 aliphatic rings. The van der Waals surface area contributed by atoms with Crippen LogP contribution in [0.5, 0.6) is 0 Å². The van der Waals surface area contributed by atoms with E-state index >= 15 is 0 Å². The zero-order valence-electron chi connectivity index (χ0n) is 26.2. The molecule has 19 heteroatoms. The van der Waals surface area contributed by atoms with Gasteiger partial charge in [-0.05, 0) is 69.5 Å². The Morgan fingerprint density at radius 3 is 2.04 bits per heavy atom. The number of alkyl halides is 6. The number of amides is 1. The number of nitrogens with one attached hydrogen (secondary N) is 2. The second kappa shape index (κ2) is 13.6. The zero-order chi connectivity index (χ0) is 37.6. The molecule has 52 heavy (non-hydrogen) atoms. The molecule has 274 valence electrons. The van der Waals surface area contributed by atoms with Crippen molar-refractivity contribution in [1.82, 2.24) is 19.2 Å². The maximum Gasteiger partial charge on any atom is 0.492 e. The van der Waals surface area contributed by atoms with E-state index in [2.05, 4.69) is 19.5 Å². The van der Waals surface area contributed by atoms with Crippen LogP contribution in [0, 0.1) is 0 Å². The lowest BCUT2D eigenvalue weighted by molar-refractivity contribution is -0.227. The highest BCUT2D eigenvalue weighted by molar-refractivity contribution is 8.23. The maximum absolute atomic E-state index is 14.2. The lowest BCUT2D eigenvalue weighted by Gasteiger charge is -2.33. The van der Waals surface area contributed by atoms with Crippen LogP contribution in [0.2, 0.25) is 0 Å². The molecule has 1 amide bonds. The second-order valence-corrected chi connectivity index (χ2v) is 15.4. The Labute approximate surface area is 292 Å². The highest BCUT2D eigenvalue weighted by Gasteiger charge is 2.47. The minimum absolute atomic E-state index is 0.0994. The predicted octanol–water partition coefficient (Wildman–Crippen LogP) is 7.47. The van der Waals surface area contributed by atoms with Crippen molar-refractivity contribution < 1.29 is 58.3 Å². The van der Waals surface area contributed by atoms with Crippen LogP contribution >= 0.6 is 10.8 Å². The number of para-hydroxylation sites is 2. The average molecular weight is 769 g/mol. The SMILES string of the molecule is O=C1CC(c2ccc(CC(c3nc4ccccc4[nH]3)N(OC(=O)C(F)(F)F)S(=O)(=O)c3ccc(-c4ccc(C(F)(F)F)cc4)cc3)cc2)S(O)(O)N1. The van der Waals surface area contributed by atoms with Gasteiger partial charge in [-0.15, -0.1) is 10.8 Å². The summed E-state index contributed by atoms with van der Waals surface area (Å²) in [5, 5.41) is -0.990. The van der Waals surface area contributed by atoms with Gasteiger partial charge in [-0.2, -0.15) is 26.3 Å². The zero-order valence-corrected chi connectivity index (χ0v) is 27.9. The first kappa shape index (κ1) is 36.8. The van der Waals surface area contributed by atoms with Crippen LogP contribution in [0.1, 0.15) is 40.2 Å². The molecule has 0 bridgehead atoms. The van der Waals surface area contributed by atoms with E-state index < -0.39 is 73.2 Å². The number of imidazole rings is 1. The molecule has 2 atom stereocenters. The van der Waals surface area contributed by atoms with Gasteiger partial charge in [0.25, 0.3) is 10.0 Å². The predicted molar refractivity (Wildman–Crippen MR) is 175 cm³/mol. The van der Waals surface area contributed by atoms with Crippen molar-refractivity contribution in [2.45, 2.75) is 41.4 Å². The van der Waals surface area contributed by atoms with E-state index in [0.717, 1.165) is 36.4 Å². The van der Waals surface area contributed by atoms with Gasteiger partial charge in [0.15, 0.2) is 0 Å². The number of aromatic amines is 1. The van der Waals surface area contributed by atoms with Gasteiger partial charge in [-0.3, -0.25) is 18.6 Å². The number of H-pyrrole nitrogens is 1. The first-order chi connectivity index (χ1) is 24.3. The van der Waals surface area contributed by atoms with Crippen molar-refractivity contribution in [3.63, 3.8) is 0 Å². The molecule has 0 saturated carbocycles. The molecule has 5 aromatic rings. The average Bonchev–Trinajstić information content (AvgIpc) is 3.64. The molecule has 1 aliphatic heterocycles. The number of sulfonamides is 1. The molecule has 0 spiro atoms. The summed E-state index contributed by atoms with van der Waals surface area (Å²) < 4.78 is 131. The number of nitrogens with zero attached hydrogens (tertiary/aromatic N) is 2. The lowest BCUT2D eigenvalue weighted by Crippen LogP contribution is -2.42. The summed E-state index contributed by atoms with van der Waals surface area (Å²) in [7, 11) is -8.67. The Morgan fingerprint density at radius 1 is 0.904 bits per heavy atom. The fourth-order valence-electron chi connectivity index (χ4n) is 5.55. The van der Waals surface area contributed by atoms with Crippen LogP contribution in [0.3, 0.4) is 0 Å². The van der Waals surface area contributed by atoms with Crippen LogP contribution in [0.25, 0.3) is 22.2 Å². The lowest BCUT2D eigenvalue weighted by atomic mass is 10.0. The number of fused-ring (bicyclic) bond motifs is 1. The van der Waals surface area contributed by atoms with Crippen molar-refractivity contribution in [3.05, 3.63) is 120 Å². The quantitative estimate of drug-likeness (QED) is 0.0887. The number of rotatable bonds is 9. The van der Waals surface area contributed by atoms with E-state index in [1.807, 2.05) is 0 Å². The van der Waals surface area contributed by atoms with Gasteiger partial charge in [-0.25, -0.2) is 18.2 Å². The van der Waals surface area contributed by atoms with E-state index in [-0.39, 0.29) is 33.4 Å². The van der Waals surface area contributed by atoms with Gasteiger partial charge < -0.3 is 9.82 Å². The molecule has 0 aliphatic carbocycles. The first-order valence-electron chi connectivity index (χ1n) is 15.1. The molecule has 1 saturated heterocycles. The van der Waals surface area contributed by atoms with Gasteiger partial charge in [-0.1, -0.05) is 60.7 Å². The van der Waals surface area contributed by atoms with E-state index in [1.165, 1.54) is 36.4 Å². The molecule has 2 heterocycles. The van der Waals surface area contributed by atoms with Gasteiger partial charge in [0, 0.05) is 0 Å². The molecule has 1 fully saturated rings. The fourth-order valence-corrected chi connectivity index (χ4v) is 8.40. The smallest absolute Gasteiger partial charge is 0.344 e. The van der Waals surface area contributed by atoms with Crippen LogP contribution in [-0.4, -0.2) is 50.0 Å². The Kier molecular flexibility index (Phi) is 9.60. The fraction of sp³-hybridized carbons (Fsp3) is 0.182. The standard InChI is InChI=1S/C33H26F6N4O7S2/c34-32(35,36)23-13-9-20(10-14-23)21-11-15-24(16-12-21)52(48,49)43(50-31(45)33(37,38)39)27(30-40-25-3-1-2-4-26(25)41-30)17-19-5-7-22(8-6-19)28-18-29(44)42-51(28,46)47/h1-16,27-28,46-47H,17-18H2,(H,40,41)(H,42,44). The minimum atomic E-state index is -5.63. The number of carbonyl (C=O) groups is 2. The third-order valence-corrected chi connectivity index (χ3v) is 11.6. The highest BCUT2D eigenvalue weighted by atomic mass is 32.3. The number of aromatic nitrogens is 2. The molecule has 11 nitrogen and oxygen atoms in total. The normalized spacial score (nSPS) is 17.6. The molecule has 2 unspecified atom stereocenters. The minimum Gasteiger partial charge on any atom is -0.344 e. The summed E-state index contributed by atoms with van der Waals surface area (Å²) in [4.78, 5) is 35.4. The summed E-state index contributed by atoms with van der Waals surface area (Å²) >= 11 is 0. The van der Waals surface area contributed by atoms with E-state index in [4.69, 9.17) is 0 Å². The van der Waals surface area contributed by atoms with Crippen molar-refractivity contribution >= 4 is 43.7 Å². The summed E-state index contributed by atoms with van der Waals surface area (Å²) in [5.74, 6) is -3.64. The molecule has 0 radical (unpaired) electrons. The summed E-state index contributed by atoms with van der Waals surface area (Å²) in [6.07, 6.45) is -10.9. The van der Waals surface area contributed by atoms with Crippen molar-refractivity contribution in [2.24, 2.45) is 0 Å². The Hall–Kier alpha value is -4.95. The van der Waals surface area contributed by atoms with Crippen molar-refractivity contribution in [2.75, 3.05) is 0 Å². The second-order valence-electron chi connectivity index (χ2n) is 11.6. The summed E-state index contributed by atoms with van der Waals surface area (Å²) in [5.41, 5.74) is 0.942. The number of benzene rings is 4. The van der Waals surface area contributed by atoms with Crippen molar-refractivity contribution in [1.29, 1.82) is 0 Å². The van der Waals surface area contributed by atoms with E-state index in [0.29, 0.717) is 16.6 Å². The molecule has 4 N–H and O–H groups in total. The molecule has 6 rings (SSSR count). The summed E-state index contributed by atoms with van der Waals surface area (Å²) in [6, 6.07) is 18.8. The Balaban J connectivity index is 1.40. The van der Waals surface area contributed by atoms with E-state index in [1.54, 1.807) is 24.3 Å². The van der Waals surface area contributed by atoms with Crippen LogP contribution < -0.4 is 4.72 Å². The monoisotopic (exact) mass is 768 g/mol. The molecular weight excluding hydrogens is 743 g/mol. The summed E-state index contributed by atoms with van der Waals surface area (Å²) in [6.45, 7) is 0. The number of carbonyl (C=O) groups excluding carboxylic acids is 2. The van der Waals surface area contributed by atoms with Gasteiger partial charge >= 0.3 is 18.3 Å². The molecular formula is C33H26F6N4O7S2. The van der Waals surface area contributed by atoms with Gasteiger partial charge in [0.05, 0.1) is 27.9 Å². The number of halogens is 6. The number of hydroxylamine groups is 1. The molecule has 1 aromatic heterocycles. The maximum atomic E-state index is 14.2. The van der Waals surface area contributed by atoms with Gasteiger partial charge in [0.1, 0.15) is 17.1 Å². The number of hydrogen-bond donors (Lipinski definition) is 4. The largest absolute Gasteiger partial charge is 0.492 e. The van der Waals surface area contributed by atoms with Crippen molar-refractivity contribution in [3.8, 4) is 11.1 Å². The first-order valence-corrected chi connectivity index (χ1v) is 18.1. The van der Waals surface area contributed by atoms with Crippen LogP contribution in [0.4, 0.5) is 26.3 Å². The third-order valence-electron chi connectivity index (χ3n) is 8.13. The highest BCUT2D eigenvalue weighted by Crippen LogP contribution is 2.56. The Bertz CT molecular complexity index is 2190. The number of hydrogen-bond acceptors (Lipinski definition) is 8. The van der Waals surface area contributed by atoms with Crippen LogP contribution in [-0.2, 0) is 37.0 Å². The Morgan fingerprint density at radius 2 is 1.50 bits per heavy atom. The van der Waals surface area contributed by atoms with Gasteiger partial charge in [0.2, 0.25) is 5.91 Å². The molecule has 4 aromatic carbocycles. The van der Waals surface area contributed by atoms with E-state index in [9.17, 15) is 53.5 Å². The third kappa shape index (κ3) is 7.63. The van der Waals surface area contributed by atoms with Crippen LogP contribution in [0.15, 0.2) is 102 Å².